The first kappa shape index (κ1) is 20.0. The maximum Gasteiger partial charge on any atom is 0.270 e. The van der Waals surface area contributed by atoms with Crippen LogP contribution in [0.4, 0.5) is 5.69 Å². The van der Waals surface area contributed by atoms with E-state index < -0.39 is 11.8 Å². The van der Waals surface area contributed by atoms with Gasteiger partial charge in [0.15, 0.2) is 5.11 Å². The predicted octanol–water partition coefficient (Wildman–Crippen LogP) is 4.18. The molecular formula is C24H15N3O3S. The number of hydrogen-bond acceptors (Lipinski definition) is 5. The van der Waals surface area contributed by atoms with Crippen LogP contribution < -0.4 is 15.0 Å². The van der Waals surface area contributed by atoms with E-state index in [0.717, 1.165) is 0 Å². The van der Waals surface area contributed by atoms with Crippen LogP contribution in [0.5, 0.6) is 11.5 Å². The highest BCUT2D eigenvalue weighted by molar-refractivity contribution is 7.80. The maximum absolute atomic E-state index is 13.1. The second-order valence-electron chi connectivity index (χ2n) is 6.60. The quantitative estimate of drug-likeness (QED) is 0.385. The fourth-order valence-electron chi connectivity index (χ4n) is 3.00. The molecule has 1 N–H and O–H groups in total. The smallest absolute Gasteiger partial charge is 0.270 e. The summed E-state index contributed by atoms with van der Waals surface area (Å²) in [5.41, 5.74) is 1.56. The van der Waals surface area contributed by atoms with Gasteiger partial charge in [-0.3, -0.25) is 19.8 Å². The molecule has 6 nitrogen and oxygen atoms in total. The van der Waals surface area contributed by atoms with Crippen LogP contribution in [0.25, 0.3) is 6.08 Å². The number of amides is 2. The molecule has 0 aliphatic carbocycles. The summed E-state index contributed by atoms with van der Waals surface area (Å²) in [4.78, 5) is 26.7. The largest absolute Gasteiger partial charge is 0.457 e. The Kier molecular flexibility index (Phi) is 5.56. The van der Waals surface area contributed by atoms with Crippen LogP contribution in [-0.2, 0) is 9.59 Å². The van der Waals surface area contributed by atoms with Crippen LogP contribution in [0.1, 0.15) is 11.1 Å². The molecular weight excluding hydrogens is 410 g/mol. The average molecular weight is 425 g/mol. The third-order valence-corrected chi connectivity index (χ3v) is 4.81. The number of carbonyl (C=O) groups excluding carboxylic acids is 2. The molecule has 0 saturated carbocycles. The number of nitriles is 1. The molecule has 0 unspecified atom stereocenters. The van der Waals surface area contributed by atoms with Crippen molar-refractivity contribution in [2.24, 2.45) is 0 Å². The van der Waals surface area contributed by atoms with Gasteiger partial charge < -0.3 is 4.74 Å². The van der Waals surface area contributed by atoms with E-state index in [1.54, 1.807) is 48.5 Å². The molecule has 0 aromatic heterocycles. The van der Waals surface area contributed by atoms with E-state index in [1.807, 2.05) is 36.4 Å². The van der Waals surface area contributed by atoms with Gasteiger partial charge in [-0.15, -0.1) is 0 Å². The molecule has 3 aromatic rings. The Morgan fingerprint density at radius 3 is 2.19 bits per heavy atom. The third kappa shape index (κ3) is 4.34. The van der Waals surface area contributed by atoms with Gasteiger partial charge in [0.1, 0.15) is 17.1 Å². The van der Waals surface area contributed by atoms with Gasteiger partial charge in [0.2, 0.25) is 0 Å². The zero-order valence-corrected chi connectivity index (χ0v) is 16.9. The van der Waals surface area contributed by atoms with Crippen molar-refractivity contribution in [1.82, 2.24) is 5.32 Å². The van der Waals surface area contributed by atoms with E-state index in [9.17, 15) is 9.59 Å². The first-order valence-corrected chi connectivity index (χ1v) is 9.70. The number of hydrogen-bond donors (Lipinski definition) is 1. The highest BCUT2D eigenvalue weighted by atomic mass is 32.1. The molecule has 1 aliphatic rings. The standard InChI is InChI=1S/C24H15N3O3S/c25-15-17-8-6-16(7-9-17)14-21-22(28)26-24(31)27(23(21)29)18-10-12-20(13-11-18)30-19-4-2-1-3-5-19/h1-14H,(H,26,28,31). The number of benzene rings is 3. The minimum absolute atomic E-state index is 0.00343. The summed E-state index contributed by atoms with van der Waals surface area (Å²) < 4.78 is 5.77. The summed E-state index contributed by atoms with van der Waals surface area (Å²) in [6, 6.07) is 24.7. The normalized spacial score (nSPS) is 14.9. The summed E-state index contributed by atoms with van der Waals surface area (Å²) in [7, 11) is 0. The van der Waals surface area contributed by atoms with Gasteiger partial charge in [-0.2, -0.15) is 5.26 Å². The van der Waals surface area contributed by atoms with E-state index in [2.05, 4.69) is 5.32 Å². The van der Waals surface area contributed by atoms with Crippen LogP contribution >= 0.6 is 12.2 Å². The number of thiocarbonyl (C=S) groups is 1. The van der Waals surface area contributed by atoms with E-state index in [1.165, 1.54) is 11.0 Å². The van der Waals surface area contributed by atoms with Crippen LogP contribution in [0.2, 0.25) is 0 Å². The van der Waals surface area contributed by atoms with Gasteiger partial charge in [-0.25, -0.2) is 0 Å². The van der Waals surface area contributed by atoms with Crippen LogP contribution in [0.3, 0.4) is 0 Å². The zero-order valence-electron chi connectivity index (χ0n) is 16.1. The Morgan fingerprint density at radius 2 is 1.55 bits per heavy atom. The van der Waals surface area contributed by atoms with Crippen molar-refractivity contribution in [3.8, 4) is 17.6 Å². The summed E-state index contributed by atoms with van der Waals surface area (Å²) in [5, 5.41) is 11.5. The van der Waals surface area contributed by atoms with Crippen LogP contribution in [0, 0.1) is 11.3 Å². The van der Waals surface area contributed by atoms with Gasteiger partial charge in [-0.05, 0) is 72.4 Å². The second-order valence-corrected chi connectivity index (χ2v) is 6.99. The lowest BCUT2D eigenvalue weighted by Crippen LogP contribution is -2.54. The lowest BCUT2D eigenvalue weighted by atomic mass is 10.1. The molecule has 0 atom stereocenters. The fraction of sp³-hybridized carbons (Fsp3) is 0. The highest BCUT2D eigenvalue weighted by Gasteiger charge is 2.34. The average Bonchev–Trinajstić information content (AvgIpc) is 2.79. The van der Waals surface area contributed by atoms with E-state index in [4.69, 9.17) is 22.2 Å². The maximum atomic E-state index is 13.1. The van der Waals surface area contributed by atoms with Gasteiger partial charge >= 0.3 is 0 Å². The van der Waals surface area contributed by atoms with Crippen LogP contribution in [-0.4, -0.2) is 16.9 Å². The van der Waals surface area contributed by atoms with Crippen molar-refractivity contribution >= 4 is 40.9 Å². The van der Waals surface area contributed by atoms with E-state index in [-0.39, 0.29) is 10.7 Å². The highest BCUT2D eigenvalue weighted by Crippen LogP contribution is 2.27. The molecule has 2 amide bonds. The van der Waals surface area contributed by atoms with Crippen molar-refractivity contribution in [1.29, 1.82) is 5.26 Å². The third-order valence-electron chi connectivity index (χ3n) is 4.53. The summed E-state index contributed by atoms with van der Waals surface area (Å²) >= 11 is 5.23. The van der Waals surface area contributed by atoms with Gasteiger partial charge in [0.05, 0.1) is 17.3 Å². The van der Waals surface area contributed by atoms with Gasteiger partial charge in [0.25, 0.3) is 11.8 Å². The molecule has 1 aliphatic heterocycles. The number of nitrogens with one attached hydrogen (secondary N) is 1. The van der Waals surface area contributed by atoms with Crippen molar-refractivity contribution in [2.75, 3.05) is 4.90 Å². The second kappa shape index (κ2) is 8.61. The molecule has 150 valence electrons. The molecule has 4 rings (SSSR count). The zero-order chi connectivity index (χ0) is 21.8. The minimum Gasteiger partial charge on any atom is -0.457 e. The Labute approximate surface area is 184 Å². The molecule has 3 aromatic carbocycles. The van der Waals surface area contributed by atoms with Gasteiger partial charge in [0, 0.05) is 0 Å². The Bertz CT molecular complexity index is 1230. The molecule has 31 heavy (non-hydrogen) atoms. The lowest BCUT2D eigenvalue weighted by Gasteiger charge is -2.29. The Balaban J connectivity index is 1.59. The van der Waals surface area contributed by atoms with Crippen molar-refractivity contribution < 1.29 is 14.3 Å². The summed E-state index contributed by atoms with van der Waals surface area (Å²) in [6.45, 7) is 0. The Morgan fingerprint density at radius 1 is 0.903 bits per heavy atom. The molecule has 0 spiro atoms. The molecule has 0 radical (unpaired) electrons. The molecule has 1 fully saturated rings. The van der Waals surface area contributed by atoms with E-state index in [0.29, 0.717) is 28.3 Å². The van der Waals surface area contributed by atoms with E-state index >= 15 is 0 Å². The van der Waals surface area contributed by atoms with Crippen molar-refractivity contribution in [3.05, 3.63) is 95.6 Å². The molecule has 7 heteroatoms. The number of carbonyl (C=O) groups is 2. The van der Waals surface area contributed by atoms with Crippen molar-refractivity contribution in [3.63, 3.8) is 0 Å². The number of nitrogens with zero attached hydrogens (tertiary/aromatic N) is 2. The monoisotopic (exact) mass is 425 g/mol. The number of anilines is 1. The summed E-state index contributed by atoms with van der Waals surface area (Å²) in [6.07, 6.45) is 1.47. The number of para-hydroxylation sites is 1. The van der Waals surface area contributed by atoms with Crippen molar-refractivity contribution in [2.45, 2.75) is 0 Å². The Hall–Kier alpha value is -4.28. The van der Waals surface area contributed by atoms with Gasteiger partial charge in [-0.1, -0.05) is 30.3 Å². The number of ether oxygens (including phenoxy) is 1. The first-order chi connectivity index (χ1) is 15.0. The molecule has 1 saturated heterocycles. The molecule has 0 bridgehead atoms. The first-order valence-electron chi connectivity index (χ1n) is 9.30. The topological polar surface area (TPSA) is 82.4 Å². The lowest BCUT2D eigenvalue weighted by molar-refractivity contribution is -0.122. The predicted molar refractivity (Wildman–Crippen MR) is 120 cm³/mol. The SMILES string of the molecule is N#Cc1ccc(C=C2C(=O)NC(=S)N(c3ccc(Oc4ccccc4)cc3)C2=O)cc1. The van der Waals surface area contributed by atoms with Crippen LogP contribution in [0.15, 0.2) is 84.4 Å². The summed E-state index contributed by atoms with van der Waals surface area (Å²) in [5.74, 6) is 0.192. The minimum atomic E-state index is -0.570. The molecule has 1 heterocycles. The number of rotatable bonds is 4. The fourth-order valence-corrected chi connectivity index (χ4v) is 3.28.